The molecule has 0 aliphatic rings. The smallest absolute Gasteiger partial charge is 0.226 e. The molecule has 0 radical (unpaired) electrons. The Hall–Kier alpha value is -8.21. The zero-order chi connectivity index (χ0) is 70.7. The lowest BCUT2D eigenvalue weighted by atomic mass is 9.87. The lowest BCUT2D eigenvalue weighted by Crippen LogP contribution is -2.49. The van der Waals surface area contributed by atoms with Gasteiger partial charge in [0.1, 0.15) is 17.3 Å². The lowest BCUT2D eigenvalue weighted by Gasteiger charge is -2.27. The van der Waals surface area contributed by atoms with Crippen LogP contribution in [0.15, 0.2) is 34.3 Å². The zero-order valence-corrected chi connectivity index (χ0v) is 55.3. The van der Waals surface area contributed by atoms with Crippen molar-refractivity contribution >= 4 is 88.0 Å². The highest BCUT2D eigenvalue weighted by atomic mass is 16.3. The van der Waals surface area contributed by atoms with Crippen molar-refractivity contribution in [1.29, 1.82) is 0 Å². The van der Waals surface area contributed by atoms with Crippen molar-refractivity contribution in [3.05, 3.63) is 29.8 Å². The third-order valence-electron chi connectivity index (χ3n) is 15.8. The van der Waals surface area contributed by atoms with Gasteiger partial charge in [0.05, 0.1) is 36.2 Å². The zero-order valence-electron chi connectivity index (χ0n) is 55.3. The van der Waals surface area contributed by atoms with Crippen LogP contribution in [0.5, 0.6) is 5.75 Å². The first-order chi connectivity index (χ1) is 43.5. The number of rotatable bonds is 51. The molecule has 1 rings (SSSR count). The van der Waals surface area contributed by atoms with Gasteiger partial charge in [-0.1, -0.05) is 53.2 Å². The second-order valence-corrected chi connectivity index (χ2v) is 25.3. The Morgan fingerprint density at radius 2 is 0.882 bits per heavy atom. The first kappa shape index (κ1) is 82.8. The van der Waals surface area contributed by atoms with Gasteiger partial charge in [-0.25, -0.2) is 0 Å². The Morgan fingerprint density at radius 3 is 1.32 bits per heavy atom. The van der Waals surface area contributed by atoms with E-state index in [2.05, 4.69) is 31.3 Å². The Labute approximate surface area is 545 Å². The second kappa shape index (κ2) is 43.6. The summed E-state index contributed by atoms with van der Waals surface area (Å²) in [7, 11) is 0. The van der Waals surface area contributed by atoms with E-state index < -0.39 is 181 Å². The molecular weight excluding hydrogens is 1200 g/mol. The molecule has 0 heterocycles. The van der Waals surface area contributed by atoms with Crippen molar-refractivity contribution in [2.75, 3.05) is 19.6 Å². The van der Waals surface area contributed by atoms with Gasteiger partial charge >= 0.3 is 0 Å². The predicted molar refractivity (Wildman–Crippen MR) is 349 cm³/mol. The van der Waals surface area contributed by atoms with Crippen LogP contribution < -0.4 is 67.1 Å². The maximum atomic E-state index is 14.9. The fourth-order valence-electron chi connectivity index (χ4n) is 10.7. The molecule has 0 spiro atoms. The summed E-state index contributed by atoms with van der Waals surface area (Å²) in [5.41, 5.74) is 45.2. The van der Waals surface area contributed by atoms with Crippen molar-refractivity contribution < 1.29 is 72.5 Å². The molecule has 11 atom stereocenters. The van der Waals surface area contributed by atoms with E-state index in [-0.39, 0.29) is 119 Å². The number of nitrogens with two attached hydrogens (primary N) is 8. The lowest BCUT2D eigenvalue weighted by molar-refractivity contribution is -0.138. The average molecular weight is 1310 g/mol. The maximum absolute atomic E-state index is 14.9. The van der Waals surface area contributed by atoms with Gasteiger partial charge in [-0.15, -0.1) is 0 Å². The van der Waals surface area contributed by atoms with Crippen molar-refractivity contribution in [2.45, 2.75) is 207 Å². The van der Waals surface area contributed by atoms with E-state index in [4.69, 9.17) is 45.9 Å². The van der Waals surface area contributed by atoms with Gasteiger partial charge in [0.15, 0.2) is 35.1 Å². The van der Waals surface area contributed by atoms with E-state index in [0.717, 1.165) is 0 Å². The van der Waals surface area contributed by atoms with Gasteiger partial charge in [0.2, 0.25) is 41.4 Å². The van der Waals surface area contributed by atoms with Crippen LogP contribution >= 0.6 is 0 Å². The fraction of sp³-hybridized carbons (Fsp3) is 0.672. The van der Waals surface area contributed by atoms with Crippen LogP contribution in [0.4, 0.5) is 0 Å². The number of aliphatic imine (C=N–C) groups is 2. The number of amides is 7. The molecule has 0 aliphatic heterocycles. The van der Waals surface area contributed by atoms with Gasteiger partial charge in [0.25, 0.3) is 0 Å². The number of unbranched alkanes of at least 4 members (excludes halogenated alkanes) is 1. The number of primary amides is 3. The van der Waals surface area contributed by atoms with E-state index in [1.807, 2.05) is 27.7 Å². The molecular formula is C64H106N14O15. The van der Waals surface area contributed by atoms with Crippen LogP contribution in [0.1, 0.15) is 176 Å². The van der Waals surface area contributed by atoms with Crippen LogP contribution in [-0.2, 0) is 68.7 Å². The van der Waals surface area contributed by atoms with E-state index in [9.17, 15) is 72.5 Å². The van der Waals surface area contributed by atoms with E-state index in [1.54, 1.807) is 0 Å². The number of hydrogen-bond donors (Lipinski definition) is 14. The first-order valence-electron chi connectivity index (χ1n) is 32.0. The Morgan fingerprint density at radius 1 is 0.462 bits per heavy atom. The van der Waals surface area contributed by atoms with E-state index in [1.165, 1.54) is 45.0 Å². The van der Waals surface area contributed by atoms with E-state index in [0.29, 0.717) is 24.8 Å². The molecule has 0 saturated heterocycles. The molecule has 93 heavy (non-hydrogen) atoms. The summed E-state index contributed by atoms with van der Waals surface area (Å²) in [6.07, 6.45) is -4.39. The van der Waals surface area contributed by atoms with Gasteiger partial charge < -0.3 is 82.1 Å². The highest BCUT2D eigenvalue weighted by Gasteiger charge is 2.37. The van der Waals surface area contributed by atoms with Crippen LogP contribution in [0.25, 0.3) is 0 Å². The molecule has 522 valence electrons. The number of hydrogen-bond acceptors (Lipinski definition) is 18. The number of Topliss-reactive ketones (excluding diaryl/α,β-unsaturated/α-hetero) is 6. The molecule has 0 aliphatic carbocycles. The van der Waals surface area contributed by atoms with Crippen molar-refractivity contribution in [2.24, 2.45) is 103 Å². The number of carbonyl (C=O) groups excluding carboxylic acids is 13. The van der Waals surface area contributed by atoms with Crippen LogP contribution in [-0.4, -0.2) is 148 Å². The van der Waals surface area contributed by atoms with Crippen LogP contribution in [0.3, 0.4) is 0 Å². The highest BCUT2D eigenvalue weighted by molar-refractivity contribution is 5.99. The Kier molecular flexibility index (Phi) is 38.8. The summed E-state index contributed by atoms with van der Waals surface area (Å²) in [6, 6.07) is 0.284. The number of phenols is 1. The predicted octanol–water partition coefficient (Wildman–Crippen LogP) is 0.0916. The molecule has 0 bridgehead atoms. The topological polar surface area (TPSA) is 543 Å². The molecule has 0 saturated carbocycles. The minimum absolute atomic E-state index is 0.0109. The van der Waals surface area contributed by atoms with Gasteiger partial charge in [-0.05, 0) is 121 Å². The number of phenolic OH excluding ortho intramolecular Hbond substituents is 1. The van der Waals surface area contributed by atoms with Gasteiger partial charge in [-0.2, -0.15) is 0 Å². The summed E-state index contributed by atoms with van der Waals surface area (Å²) >= 11 is 0. The molecule has 7 amide bonds. The summed E-state index contributed by atoms with van der Waals surface area (Å²) in [5.74, 6) is -16.6. The maximum Gasteiger partial charge on any atom is 0.226 e. The standard InChI is InChI=1S/C64H106N14O15/c1-35(2)26-43(58(68)89)32-55(86)50(27-36(3)4)78-59(90)41(12-8-9-23-65)30-52(83)47(13-10-24-73-63(69)70)75-61(92)44(29-40-15-18-45(81)19-16-40)33-54(85)49(20-22-57(67)88)76-60(91)42(17-21-56(66)87)31-53(84)48(14-11-25-74-64(71)72)77-62(93)46(39(7)80)34-51(82)37(5)28-38(6)79/h15-16,18-19,35-37,39,41-44,46-50,80-81H,8-14,17,20-34,65H2,1-7H3,(H2,66,87)(H2,67,88)(H2,68,89)(H,75,92)(H,76,91)(H,77,93)(H,78,90)(H4,69,70,73)(H4,71,72,74)/t37-,39+,41+,42+,43+,44+,46-,47-,48-,49-,50-/m0/s1. The van der Waals surface area contributed by atoms with Crippen LogP contribution in [0.2, 0.25) is 0 Å². The van der Waals surface area contributed by atoms with Crippen molar-refractivity contribution in [1.82, 2.24) is 21.3 Å². The van der Waals surface area contributed by atoms with Crippen molar-refractivity contribution in [3.63, 3.8) is 0 Å². The minimum Gasteiger partial charge on any atom is -0.508 e. The largest absolute Gasteiger partial charge is 0.508 e. The van der Waals surface area contributed by atoms with Gasteiger partial charge in [0, 0.05) is 94.0 Å². The number of ketones is 6. The number of aromatic hydroxyl groups is 1. The number of nitrogens with zero attached hydrogens (tertiary/aromatic N) is 2. The minimum atomic E-state index is -1.59. The molecule has 0 unspecified atom stereocenters. The molecule has 0 fully saturated rings. The highest BCUT2D eigenvalue weighted by Crippen LogP contribution is 2.25. The molecule has 29 heteroatoms. The molecule has 29 nitrogen and oxygen atoms in total. The molecule has 0 aromatic heterocycles. The third-order valence-corrected chi connectivity index (χ3v) is 15.8. The number of aliphatic hydroxyl groups is 1. The molecule has 22 N–H and O–H groups in total. The van der Waals surface area contributed by atoms with Crippen molar-refractivity contribution in [3.8, 4) is 5.75 Å². The summed E-state index contributed by atoms with van der Waals surface area (Å²) in [4.78, 5) is 185. The normalized spacial score (nSPS) is 14.8. The Bertz CT molecular complexity index is 2730. The number of aliphatic hydroxyl groups excluding tert-OH is 1. The van der Waals surface area contributed by atoms with Crippen LogP contribution in [0, 0.1) is 47.3 Å². The summed E-state index contributed by atoms with van der Waals surface area (Å²) in [5, 5.41) is 31.6. The summed E-state index contributed by atoms with van der Waals surface area (Å²) in [6.45, 7) is 11.8. The third kappa shape index (κ3) is 34.9. The SMILES string of the molecule is CC(=O)C[C@H](C)C(=O)C[C@H](C(=O)N[C@@H](CCCN=C(N)N)C(=O)C[C@@H](CCC(N)=O)C(=O)N[C@@H](CCC(N)=O)C(=O)C[C@@H](Cc1ccc(O)cc1)C(=O)N[C@@H](CCCN=C(N)N)C(=O)C[C@@H](CCCCN)C(=O)N[C@@H](CC(C)C)C(=O)C[C@@H](CC(C)C)C(N)=O)[C@@H](C)O. The monoisotopic (exact) mass is 1310 g/mol. The quantitative estimate of drug-likeness (QED) is 0.0233. The second-order valence-electron chi connectivity index (χ2n) is 25.3. The Balaban J connectivity index is 3.90. The molecule has 1 aromatic carbocycles. The number of guanidine groups is 2. The van der Waals surface area contributed by atoms with E-state index >= 15 is 0 Å². The molecule has 1 aromatic rings. The van der Waals surface area contributed by atoms with Gasteiger partial charge in [-0.3, -0.25) is 67.5 Å². The average Bonchev–Trinajstić information content (AvgIpc) is 1.09. The number of nitrogens with one attached hydrogen (secondary N) is 4. The number of carbonyl (C=O) groups is 13. The first-order valence-corrected chi connectivity index (χ1v) is 32.0. The fourth-order valence-corrected chi connectivity index (χ4v) is 10.7. The number of benzene rings is 1. The summed E-state index contributed by atoms with van der Waals surface area (Å²) < 4.78 is 0.